The summed E-state index contributed by atoms with van der Waals surface area (Å²) in [6, 6.07) is 1.89. The minimum Gasteiger partial charge on any atom is -0.442 e. The van der Waals surface area contributed by atoms with Crippen molar-refractivity contribution in [3.05, 3.63) is 36.2 Å². The average Bonchev–Trinajstić information content (AvgIpc) is 3.40. The first-order valence-electron chi connectivity index (χ1n) is 9.01. The molecule has 5 rings (SSSR count). The van der Waals surface area contributed by atoms with Crippen LogP contribution in [0.5, 0.6) is 0 Å². The number of ether oxygens (including phenoxy) is 2. The normalized spacial score (nSPS) is 25.8. The number of alkyl carbamates (subject to hydrolysis) is 1. The lowest BCUT2D eigenvalue weighted by Crippen LogP contribution is -2.33. The van der Waals surface area contributed by atoms with Crippen molar-refractivity contribution in [2.24, 2.45) is 0 Å². The van der Waals surface area contributed by atoms with Crippen LogP contribution in [0, 0.1) is 11.6 Å². The van der Waals surface area contributed by atoms with E-state index in [0.717, 1.165) is 12.1 Å². The van der Waals surface area contributed by atoms with Crippen molar-refractivity contribution < 1.29 is 27.8 Å². The fourth-order valence-electron chi connectivity index (χ4n) is 3.91. The predicted octanol–water partition coefficient (Wildman–Crippen LogP) is 0.879. The van der Waals surface area contributed by atoms with Crippen LogP contribution in [0.25, 0.3) is 0 Å². The van der Waals surface area contributed by atoms with Gasteiger partial charge in [0.05, 0.1) is 37.6 Å². The zero-order valence-electron chi connectivity index (χ0n) is 15.0. The molecule has 152 valence electrons. The van der Waals surface area contributed by atoms with Crippen LogP contribution < -0.4 is 15.1 Å². The number of carbonyl (C=O) groups excluding carboxylic acids is 2. The third-order valence-electron chi connectivity index (χ3n) is 5.19. The first-order chi connectivity index (χ1) is 14.0. The molecular weight excluding hydrogens is 390 g/mol. The first kappa shape index (κ1) is 17.6. The molecule has 3 fully saturated rings. The summed E-state index contributed by atoms with van der Waals surface area (Å²) in [6.07, 6.45) is 0.946. The summed E-state index contributed by atoms with van der Waals surface area (Å²) in [5.74, 6) is -1.61. The molecule has 3 aliphatic rings. The number of rotatable bonds is 4. The highest BCUT2D eigenvalue weighted by Crippen LogP contribution is 2.34. The molecule has 3 aliphatic heterocycles. The van der Waals surface area contributed by atoms with Gasteiger partial charge in [-0.05, 0) is 0 Å². The summed E-state index contributed by atoms with van der Waals surface area (Å²) in [5, 5.41) is 10.1. The van der Waals surface area contributed by atoms with E-state index in [1.54, 1.807) is 6.20 Å². The van der Waals surface area contributed by atoms with Gasteiger partial charge in [0.25, 0.3) is 0 Å². The molecule has 2 amide bonds. The van der Waals surface area contributed by atoms with Crippen molar-refractivity contribution in [1.29, 1.82) is 0 Å². The Hall–Kier alpha value is -3.44. The minimum absolute atomic E-state index is 0.0683. The van der Waals surface area contributed by atoms with Gasteiger partial charge in [0.2, 0.25) is 0 Å². The van der Waals surface area contributed by atoms with Crippen LogP contribution >= 0.6 is 0 Å². The number of halogens is 2. The highest BCUT2D eigenvalue weighted by atomic mass is 19.1. The van der Waals surface area contributed by atoms with Gasteiger partial charge in [0, 0.05) is 24.9 Å². The van der Waals surface area contributed by atoms with Gasteiger partial charge in [0.1, 0.15) is 17.9 Å². The van der Waals surface area contributed by atoms with Gasteiger partial charge in [-0.3, -0.25) is 4.90 Å². The quantitative estimate of drug-likeness (QED) is 0.804. The smallest absolute Gasteiger partial charge is 0.414 e. The third kappa shape index (κ3) is 3.09. The number of nitrogens with zero attached hydrogens (tertiary/aromatic N) is 5. The number of cyclic esters (lactones) is 1. The maximum Gasteiger partial charge on any atom is 0.414 e. The molecule has 0 unspecified atom stereocenters. The SMILES string of the molecule is O=C1N[C@H]2CN(c3c(F)cc(N4C[C@H](Cn5ccnn5)OC4=O)cc3F)C[C@H]2O1. The van der Waals surface area contributed by atoms with Crippen molar-refractivity contribution in [1.82, 2.24) is 20.3 Å². The lowest BCUT2D eigenvalue weighted by atomic mass is 10.2. The molecule has 1 aromatic heterocycles. The number of aromatic nitrogens is 3. The number of hydrogen-bond acceptors (Lipinski definition) is 7. The Morgan fingerprint density at radius 2 is 1.93 bits per heavy atom. The van der Waals surface area contributed by atoms with Gasteiger partial charge in [-0.1, -0.05) is 5.21 Å². The van der Waals surface area contributed by atoms with Gasteiger partial charge >= 0.3 is 12.2 Å². The van der Waals surface area contributed by atoms with E-state index in [1.165, 1.54) is 20.7 Å². The van der Waals surface area contributed by atoms with Gasteiger partial charge in [-0.25, -0.2) is 23.1 Å². The highest BCUT2D eigenvalue weighted by molar-refractivity contribution is 5.90. The third-order valence-corrected chi connectivity index (χ3v) is 5.19. The molecule has 1 N–H and O–H groups in total. The molecule has 0 aliphatic carbocycles. The number of amides is 2. The van der Waals surface area contributed by atoms with Crippen LogP contribution in [0.3, 0.4) is 0 Å². The number of anilines is 2. The largest absolute Gasteiger partial charge is 0.442 e. The maximum absolute atomic E-state index is 14.8. The Morgan fingerprint density at radius 3 is 2.62 bits per heavy atom. The van der Waals surface area contributed by atoms with Crippen LogP contribution in [-0.4, -0.2) is 65.1 Å². The molecule has 0 saturated carbocycles. The van der Waals surface area contributed by atoms with Gasteiger partial charge in [-0.15, -0.1) is 5.10 Å². The van der Waals surface area contributed by atoms with Crippen molar-refractivity contribution in [3.63, 3.8) is 0 Å². The molecule has 1 aromatic carbocycles. The average molecular weight is 406 g/mol. The van der Waals surface area contributed by atoms with E-state index in [0.29, 0.717) is 0 Å². The van der Waals surface area contributed by atoms with Crippen LogP contribution in [0.2, 0.25) is 0 Å². The molecule has 29 heavy (non-hydrogen) atoms. The second-order valence-corrected chi connectivity index (χ2v) is 7.10. The van der Waals surface area contributed by atoms with E-state index >= 15 is 0 Å². The van der Waals surface area contributed by atoms with E-state index in [9.17, 15) is 18.4 Å². The summed E-state index contributed by atoms with van der Waals surface area (Å²) in [7, 11) is 0. The van der Waals surface area contributed by atoms with Crippen LogP contribution in [0.15, 0.2) is 24.5 Å². The Bertz CT molecular complexity index is 932. The van der Waals surface area contributed by atoms with E-state index < -0.39 is 36.0 Å². The molecular formula is C17H16F2N6O4. The van der Waals surface area contributed by atoms with E-state index in [4.69, 9.17) is 9.47 Å². The molecule has 3 atom stereocenters. The lowest BCUT2D eigenvalue weighted by Gasteiger charge is -2.22. The number of fused-ring (bicyclic) bond motifs is 1. The molecule has 2 aromatic rings. The zero-order valence-corrected chi connectivity index (χ0v) is 15.0. The van der Waals surface area contributed by atoms with E-state index in [-0.39, 0.29) is 43.6 Å². The van der Waals surface area contributed by atoms with Gasteiger partial charge < -0.3 is 19.7 Å². The molecule has 0 radical (unpaired) electrons. The molecule has 12 heteroatoms. The summed E-state index contributed by atoms with van der Waals surface area (Å²) in [5.41, 5.74) is -0.147. The fraction of sp³-hybridized carbons (Fsp3) is 0.412. The van der Waals surface area contributed by atoms with E-state index in [2.05, 4.69) is 15.6 Å². The van der Waals surface area contributed by atoms with Crippen molar-refractivity contribution in [2.75, 3.05) is 29.4 Å². The molecule has 4 heterocycles. The molecule has 10 nitrogen and oxygen atoms in total. The second-order valence-electron chi connectivity index (χ2n) is 7.10. The number of carbonyl (C=O) groups is 2. The molecule has 0 spiro atoms. The Balaban J connectivity index is 1.33. The predicted molar refractivity (Wildman–Crippen MR) is 93.4 cm³/mol. The number of benzene rings is 1. The second kappa shape index (κ2) is 6.57. The van der Waals surface area contributed by atoms with Crippen molar-refractivity contribution >= 4 is 23.6 Å². The molecule has 0 bridgehead atoms. The Morgan fingerprint density at radius 1 is 1.14 bits per heavy atom. The van der Waals surface area contributed by atoms with Crippen LogP contribution in [0.4, 0.5) is 29.7 Å². The lowest BCUT2D eigenvalue weighted by molar-refractivity contribution is 0.129. The van der Waals surface area contributed by atoms with Gasteiger partial charge in [-0.2, -0.15) is 0 Å². The maximum atomic E-state index is 14.8. The summed E-state index contributed by atoms with van der Waals surface area (Å²) in [6.45, 7) is 0.829. The fourth-order valence-corrected chi connectivity index (χ4v) is 3.91. The number of nitrogens with one attached hydrogen (secondary N) is 1. The monoisotopic (exact) mass is 406 g/mol. The topological polar surface area (TPSA) is 102 Å². The standard InChI is InChI=1S/C17H16F2N6O4/c18-11-3-9(25-6-10(28-17(25)27)5-24-2-1-20-22-24)4-12(19)15(11)23-7-13-14(8-23)29-16(26)21-13/h1-4,10,13-14H,5-8H2,(H,21,26)/t10-,13-,14+/m0/s1. The highest BCUT2D eigenvalue weighted by Gasteiger charge is 2.43. The van der Waals surface area contributed by atoms with Crippen LogP contribution in [-0.2, 0) is 16.0 Å². The molecule has 3 saturated heterocycles. The first-order valence-corrected chi connectivity index (χ1v) is 9.01. The summed E-state index contributed by atoms with van der Waals surface area (Å²) >= 11 is 0. The Kier molecular flexibility index (Phi) is 4.00. The summed E-state index contributed by atoms with van der Waals surface area (Å²) < 4.78 is 41.4. The summed E-state index contributed by atoms with van der Waals surface area (Å²) in [4.78, 5) is 26.1. The van der Waals surface area contributed by atoms with E-state index in [1.807, 2.05) is 0 Å². The Labute approximate surface area is 163 Å². The van der Waals surface area contributed by atoms with Crippen molar-refractivity contribution in [2.45, 2.75) is 24.8 Å². The minimum atomic E-state index is -0.807. The zero-order chi connectivity index (χ0) is 20.1. The van der Waals surface area contributed by atoms with Crippen LogP contribution in [0.1, 0.15) is 0 Å². The number of hydrogen-bond donors (Lipinski definition) is 1. The van der Waals surface area contributed by atoms with Gasteiger partial charge in [0.15, 0.2) is 11.6 Å². The van der Waals surface area contributed by atoms with Crippen molar-refractivity contribution in [3.8, 4) is 0 Å².